The molecule has 1 aliphatic heterocycles. The lowest BCUT2D eigenvalue weighted by Crippen LogP contribution is -2.36. The van der Waals surface area contributed by atoms with E-state index in [1.165, 1.54) is 24.6 Å². The first kappa shape index (κ1) is 15.7. The first-order valence-electron chi connectivity index (χ1n) is 7.88. The molecule has 2 fully saturated rings. The molecule has 1 N–H and O–H groups in total. The summed E-state index contributed by atoms with van der Waals surface area (Å²) in [6, 6.07) is 5.33. The highest BCUT2D eigenvalue weighted by molar-refractivity contribution is 8.13. The Kier molecular flexibility index (Phi) is 4.64. The molecule has 0 aromatic heterocycles. The van der Waals surface area contributed by atoms with E-state index < -0.39 is 5.60 Å². The summed E-state index contributed by atoms with van der Waals surface area (Å²) >= 11 is 1.21. The maximum atomic E-state index is 12.2. The zero-order valence-electron chi connectivity index (χ0n) is 12.8. The predicted molar refractivity (Wildman–Crippen MR) is 86.5 cm³/mol. The minimum absolute atomic E-state index is 0.171. The fourth-order valence-corrected chi connectivity index (χ4v) is 4.12. The van der Waals surface area contributed by atoms with Crippen molar-refractivity contribution in [2.75, 3.05) is 12.9 Å². The van der Waals surface area contributed by atoms with Gasteiger partial charge in [0, 0.05) is 5.75 Å². The fraction of sp³-hybridized carbons (Fsp3) is 0.588. The molecule has 1 atom stereocenters. The highest BCUT2D eigenvalue weighted by Gasteiger charge is 2.40. The van der Waals surface area contributed by atoms with Gasteiger partial charge in [-0.25, -0.2) is 0 Å². The molecule has 3 rings (SSSR count). The van der Waals surface area contributed by atoms with E-state index in [2.05, 4.69) is 0 Å². The number of carbonyl (C=O) groups is 1. The maximum absolute atomic E-state index is 12.2. The molecule has 0 spiro atoms. The van der Waals surface area contributed by atoms with Crippen molar-refractivity contribution >= 4 is 16.9 Å². The van der Waals surface area contributed by atoms with E-state index in [1.807, 2.05) is 0 Å². The van der Waals surface area contributed by atoms with Crippen LogP contribution in [-0.2, 0) is 10.4 Å². The second-order valence-electron chi connectivity index (χ2n) is 5.99. The van der Waals surface area contributed by atoms with Gasteiger partial charge in [-0.3, -0.25) is 4.79 Å². The number of methoxy groups -OCH3 is 1. The van der Waals surface area contributed by atoms with Crippen LogP contribution in [0.3, 0.4) is 0 Å². The molecule has 5 heteroatoms. The predicted octanol–water partition coefficient (Wildman–Crippen LogP) is 3.26. The van der Waals surface area contributed by atoms with E-state index in [1.54, 1.807) is 25.3 Å². The highest BCUT2D eigenvalue weighted by Crippen LogP contribution is 2.41. The van der Waals surface area contributed by atoms with Gasteiger partial charge in [0.05, 0.1) is 13.2 Å². The lowest BCUT2D eigenvalue weighted by Gasteiger charge is -2.30. The quantitative estimate of drug-likeness (QED) is 0.922. The summed E-state index contributed by atoms with van der Waals surface area (Å²) in [5, 5.41) is 10.6. The van der Waals surface area contributed by atoms with E-state index in [0.29, 0.717) is 23.5 Å². The number of hydrogen-bond donors (Lipinski definition) is 1. The Morgan fingerprint density at radius 1 is 1.23 bits per heavy atom. The van der Waals surface area contributed by atoms with Crippen molar-refractivity contribution in [1.82, 2.24) is 0 Å². The van der Waals surface area contributed by atoms with Crippen LogP contribution in [0.4, 0.5) is 0 Å². The van der Waals surface area contributed by atoms with E-state index >= 15 is 0 Å². The second kappa shape index (κ2) is 6.50. The van der Waals surface area contributed by atoms with Crippen molar-refractivity contribution in [3.63, 3.8) is 0 Å². The largest absolute Gasteiger partial charge is 0.493 e. The van der Waals surface area contributed by atoms with Crippen LogP contribution in [0.15, 0.2) is 18.2 Å². The monoisotopic (exact) mass is 322 g/mol. The molecule has 1 saturated heterocycles. The minimum Gasteiger partial charge on any atom is -0.493 e. The SMILES string of the molecule is COc1ccc(C2(O)CCCSC2=O)cc1OC1CCCC1. The van der Waals surface area contributed by atoms with E-state index in [4.69, 9.17) is 9.47 Å². The molecule has 1 heterocycles. The topological polar surface area (TPSA) is 55.8 Å². The van der Waals surface area contributed by atoms with Gasteiger partial charge < -0.3 is 14.6 Å². The van der Waals surface area contributed by atoms with E-state index in [0.717, 1.165) is 25.0 Å². The van der Waals surface area contributed by atoms with Crippen molar-refractivity contribution in [3.05, 3.63) is 23.8 Å². The van der Waals surface area contributed by atoms with Crippen LogP contribution >= 0.6 is 11.8 Å². The summed E-state index contributed by atoms with van der Waals surface area (Å²) in [6.07, 6.45) is 5.97. The Morgan fingerprint density at radius 2 is 2.00 bits per heavy atom. The fourth-order valence-electron chi connectivity index (χ4n) is 3.19. The summed E-state index contributed by atoms with van der Waals surface area (Å²) in [5.41, 5.74) is -0.790. The van der Waals surface area contributed by atoms with E-state index in [9.17, 15) is 9.90 Å². The molecule has 4 nitrogen and oxygen atoms in total. The number of benzene rings is 1. The maximum Gasteiger partial charge on any atom is 0.225 e. The summed E-state index contributed by atoms with van der Waals surface area (Å²) in [6.45, 7) is 0. The van der Waals surface area contributed by atoms with Crippen LogP contribution < -0.4 is 9.47 Å². The van der Waals surface area contributed by atoms with Crippen LogP contribution in [-0.4, -0.2) is 29.2 Å². The van der Waals surface area contributed by atoms with Crippen molar-refractivity contribution < 1.29 is 19.4 Å². The number of aliphatic hydroxyl groups is 1. The van der Waals surface area contributed by atoms with Gasteiger partial charge in [-0.15, -0.1) is 0 Å². The molecule has 0 amide bonds. The first-order chi connectivity index (χ1) is 10.6. The minimum atomic E-state index is -1.40. The standard InChI is InChI=1S/C17H22O4S/c1-20-14-8-7-12(17(19)9-4-10-22-16(17)18)11-15(14)21-13-5-2-3-6-13/h7-8,11,13,19H,2-6,9-10H2,1H3. The number of carbonyl (C=O) groups excluding carboxylic acids is 1. The van der Waals surface area contributed by atoms with Gasteiger partial charge in [0.25, 0.3) is 0 Å². The zero-order valence-corrected chi connectivity index (χ0v) is 13.7. The summed E-state index contributed by atoms with van der Waals surface area (Å²) in [4.78, 5) is 12.2. The number of thioether (sulfide) groups is 1. The molecule has 1 aromatic rings. The van der Waals surface area contributed by atoms with Gasteiger partial charge >= 0.3 is 0 Å². The van der Waals surface area contributed by atoms with Crippen molar-refractivity contribution in [2.45, 2.75) is 50.2 Å². The van der Waals surface area contributed by atoms with Crippen molar-refractivity contribution in [2.24, 2.45) is 0 Å². The van der Waals surface area contributed by atoms with Gasteiger partial charge in [0.1, 0.15) is 0 Å². The second-order valence-corrected chi connectivity index (χ2v) is 7.06. The van der Waals surface area contributed by atoms with Crippen LogP contribution in [0.5, 0.6) is 11.5 Å². The lowest BCUT2D eigenvalue weighted by molar-refractivity contribution is -0.130. The lowest BCUT2D eigenvalue weighted by atomic mass is 9.90. The van der Waals surface area contributed by atoms with Crippen LogP contribution in [0.25, 0.3) is 0 Å². The molecule has 0 bridgehead atoms. The smallest absolute Gasteiger partial charge is 0.225 e. The third kappa shape index (κ3) is 2.97. The van der Waals surface area contributed by atoms with Gasteiger partial charge in [-0.1, -0.05) is 17.8 Å². The summed E-state index contributed by atoms with van der Waals surface area (Å²) in [5.74, 6) is 2.06. The highest BCUT2D eigenvalue weighted by atomic mass is 32.2. The first-order valence-corrected chi connectivity index (χ1v) is 8.87. The van der Waals surface area contributed by atoms with Crippen molar-refractivity contribution in [3.8, 4) is 11.5 Å². The van der Waals surface area contributed by atoms with Gasteiger partial charge in [-0.2, -0.15) is 0 Å². The average Bonchev–Trinajstić information content (AvgIpc) is 3.03. The molecule has 1 unspecified atom stereocenters. The third-order valence-corrected chi connectivity index (χ3v) is 5.58. The van der Waals surface area contributed by atoms with Gasteiger partial charge in [0.2, 0.25) is 5.12 Å². The molecular formula is C17H22O4S. The number of rotatable bonds is 4. The van der Waals surface area contributed by atoms with Crippen LogP contribution in [0.2, 0.25) is 0 Å². The molecule has 1 aromatic carbocycles. The Hall–Kier alpha value is -1.20. The summed E-state index contributed by atoms with van der Waals surface area (Å²) < 4.78 is 11.4. The zero-order chi connectivity index (χ0) is 15.6. The van der Waals surface area contributed by atoms with E-state index in [-0.39, 0.29) is 11.2 Å². The molecule has 0 radical (unpaired) electrons. The Morgan fingerprint density at radius 3 is 2.68 bits per heavy atom. The van der Waals surface area contributed by atoms with Gasteiger partial charge in [-0.05, 0) is 56.2 Å². The normalized spacial score (nSPS) is 26.2. The number of hydrogen-bond acceptors (Lipinski definition) is 5. The Bertz CT molecular complexity index is 554. The number of ether oxygens (including phenoxy) is 2. The average molecular weight is 322 g/mol. The molecule has 120 valence electrons. The molecule has 2 aliphatic rings. The molecule has 22 heavy (non-hydrogen) atoms. The van der Waals surface area contributed by atoms with Crippen LogP contribution in [0.1, 0.15) is 44.1 Å². The third-order valence-electron chi connectivity index (χ3n) is 4.49. The van der Waals surface area contributed by atoms with Gasteiger partial charge in [0.15, 0.2) is 17.1 Å². The molecule has 1 saturated carbocycles. The molecule has 1 aliphatic carbocycles. The Labute approximate surface area is 135 Å². The van der Waals surface area contributed by atoms with Crippen LogP contribution in [0, 0.1) is 0 Å². The Balaban J connectivity index is 1.90. The van der Waals surface area contributed by atoms with Crippen molar-refractivity contribution in [1.29, 1.82) is 0 Å². The summed E-state index contributed by atoms with van der Waals surface area (Å²) in [7, 11) is 1.60. The molecular weight excluding hydrogens is 300 g/mol.